The minimum Gasteiger partial charge on any atom is -0.389 e. The summed E-state index contributed by atoms with van der Waals surface area (Å²) in [4.78, 5) is 0. The SMILES string of the molecule is CCS(=O)(=O)O/C=C(/C)Cl. The topological polar surface area (TPSA) is 43.4 Å². The third-order valence-corrected chi connectivity index (χ3v) is 1.90. The first-order valence-electron chi connectivity index (χ1n) is 2.71. The summed E-state index contributed by atoms with van der Waals surface area (Å²) in [6, 6.07) is 0. The quantitative estimate of drug-likeness (QED) is 0.493. The second-order valence-electron chi connectivity index (χ2n) is 1.65. The molecule has 0 saturated carbocycles. The molecule has 0 aliphatic heterocycles. The van der Waals surface area contributed by atoms with Gasteiger partial charge in [-0.3, -0.25) is 0 Å². The fourth-order valence-corrected chi connectivity index (χ4v) is 0.732. The highest BCUT2D eigenvalue weighted by Crippen LogP contribution is 2.01. The van der Waals surface area contributed by atoms with Crippen LogP contribution in [0.15, 0.2) is 11.3 Å². The molecule has 5 heteroatoms. The monoisotopic (exact) mass is 184 g/mol. The van der Waals surface area contributed by atoms with Crippen molar-refractivity contribution in [2.75, 3.05) is 5.75 Å². The molecule has 0 aromatic rings. The molecule has 0 spiro atoms. The Balaban J connectivity index is 4.06. The van der Waals surface area contributed by atoms with Gasteiger partial charge in [0.2, 0.25) is 0 Å². The minimum absolute atomic E-state index is 0.0479. The molecule has 0 rings (SSSR count). The van der Waals surface area contributed by atoms with Crippen LogP contribution < -0.4 is 0 Å². The van der Waals surface area contributed by atoms with E-state index in [-0.39, 0.29) is 5.75 Å². The molecule has 10 heavy (non-hydrogen) atoms. The van der Waals surface area contributed by atoms with Crippen molar-refractivity contribution in [3.8, 4) is 0 Å². The molecule has 0 aliphatic rings. The Labute approximate surface area is 65.8 Å². The normalized spacial score (nSPS) is 13.3. The first-order valence-corrected chi connectivity index (χ1v) is 4.66. The highest BCUT2D eigenvalue weighted by Gasteiger charge is 2.03. The van der Waals surface area contributed by atoms with Gasteiger partial charge in [0, 0.05) is 0 Å². The van der Waals surface area contributed by atoms with Crippen LogP contribution in [0.1, 0.15) is 13.8 Å². The summed E-state index contributed by atoms with van der Waals surface area (Å²) >= 11 is 5.31. The zero-order valence-corrected chi connectivity index (χ0v) is 7.37. The summed E-state index contributed by atoms with van der Waals surface area (Å²) in [6.07, 6.45) is 1.00. The van der Waals surface area contributed by atoms with Crippen molar-refractivity contribution >= 4 is 21.7 Å². The van der Waals surface area contributed by atoms with Crippen molar-refractivity contribution in [3.63, 3.8) is 0 Å². The van der Waals surface area contributed by atoms with E-state index in [1.165, 1.54) is 13.8 Å². The van der Waals surface area contributed by atoms with E-state index in [0.717, 1.165) is 6.26 Å². The Bertz CT molecular complexity index is 213. The highest BCUT2D eigenvalue weighted by atomic mass is 35.5. The molecule has 0 heterocycles. The fraction of sp³-hybridized carbons (Fsp3) is 0.600. The maximum absolute atomic E-state index is 10.6. The molecule has 0 aromatic heterocycles. The maximum atomic E-state index is 10.6. The summed E-state index contributed by atoms with van der Waals surface area (Å²) < 4.78 is 25.5. The van der Waals surface area contributed by atoms with Gasteiger partial charge in [-0.25, -0.2) is 0 Å². The third-order valence-electron chi connectivity index (χ3n) is 0.711. The summed E-state index contributed by atoms with van der Waals surface area (Å²) in [7, 11) is -3.38. The summed E-state index contributed by atoms with van der Waals surface area (Å²) in [5, 5.41) is 0.303. The van der Waals surface area contributed by atoms with Gasteiger partial charge in [-0.2, -0.15) is 8.42 Å². The molecule has 0 fully saturated rings. The van der Waals surface area contributed by atoms with Crippen LogP contribution >= 0.6 is 11.6 Å². The van der Waals surface area contributed by atoms with Gasteiger partial charge in [-0.05, 0) is 13.8 Å². The van der Waals surface area contributed by atoms with Crippen molar-refractivity contribution in [2.24, 2.45) is 0 Å². The average molecular weight is 185 g/mol. The van der Waals surface area contributed by atoms with Gasteiger partial charge in [0.05, 0.1) is 10.8 Å². The Morgan fingerprint density at radius 3 is 2.50 bits per heavy atom. The summed E-state index contributed by atoms with van der Waals surface area (Å²) in [5.74, 6) is -0.0479. The molecular weight excluding hydrogens is 176 g/mol. The van der Waals surface area contributed by atoms with Crippen LogP contribution in [0, 0.1) is 0 Å². The lowest BCUT2D eigenvalue weighted by Crippen LogP contribution is -2.03. The van der Waals surface area contributed by atoms with Gasteiger partial charge in [0.25, 0.3) is 0 Å². The van der Waals surface area contributed by atoms with E-state index >= 15 is 0 Å². The lowest BCUT2D eigenvalue weighted by molar-refractivity contribution is 0.443. The Morgan fingerprint density at radius 2 is 2.20 bits per heavy atom. The number of hydrogen-bond donors (Lipinski definition) is 0. The van der Waals surface area contributed by atoms with Crippen LogP contribution in [-0.2, 0) is 14.3 Å². The molecule has 0 unspecified atom stereocenters. The van der Waals surface area contributed by atoms with E-state index in [0.29, 0.717) is 5.03 Å². The van der Waals surface area contributed by atoms with E-state index in [2.05, 4.69) is 4.18 Å². The minimum atomic E-state index is -3.38. The van der Waals surface area contributed by atoms with Crippen LogP contribution in [0.5, 0.6) is 0 Å². The van der Waals surface area contributed by atoms with Gasteiger partial charge in [-0.15, -0.1) is 0 Å². The van der Waals surface area contributed by atoms with E-state index in [1.807, 2.05) is 0 Å². The molecule has 0 radical (unpaired) electrons. The average Bonchev–Trinajstić information content (AvgIpc) is 1.85. The number of allylic oxidation sites excluding steroid dienone is 1. The molecule has 0 bridgehead atoms. The van der Waals surface area contributed by atoms with Crippen LogP contribution in [-0.4, -0.2) is 14.2 Å². The van der Waals surface area contributed by atoms with E-state index in [4.69, 9.17) is 11.6 Å². The Morgan fingerprint density at radius 1 is 1.70 bits per heavy atom. The highest BCUT2D eigenvalue weighted by molar-refractivity contribution is 7.86. The van der Waals surface area contributed by atoms with Gasteiger partial charge >= 0.3 is 10.1 Å². The van der Waals surface area contributed by atoms with Crippen molar-refractivity contribution in [1.29, 1.82) is 0 Å². The van der Waals surface area contributed by atoms with Crippen LogP contribution in [0.2, 0.25) is 0 Å². The molecule has 0 atom stereocenters. The predicted octanol–water partition coefficient (Wildman–Crippen LogP) is 1.45. The first kappa shape index (κ1) is 9.78. The van der Waals surface area contributed by atoms with E-state index in [9.17, 15) is 8.42 Å². The second kappa shape index (κ2) is 3.83. The maximum Gasteiger partial charge on any atom is 0.308 e. The zero-order chi connectivity index (χ0) is 8.20. The molecule has 0 saturated heterocycles. The zero-order valence-electron chi connectivity index (χ0n) is 5.80. The second-order valence-corrected chi connectivity index (χ2v) is 4.13. The van der Waals surface area contributed by atoms with Crippen LogP contribution in [0.25, 0.3) is 0 Å². The smallest absolute Gasteiger partial charge is 0.308 e. The van der Waals surface area contributed by atoms with Crippen LogP contribution in [0.3, 0.4) is 0 Å². The lowest BCUT2D eigenvalue weighted by Gasteiger charge is -1.97. The van der Waals surface area contributed by atoms with Gasteiger partial charge < -0.3 is 4.18 Å². The number of hydrogen-bond acceptors (Lipinski definition) is 3. The van der Waals surface area contributed by atoms with Crippen molar-refractivity contribution in [1.82, 2.24) is 0 Å². The molecule has 0 N–H and O–H groups in total. The fourth-order valence-electron chi connectivity index (χ4n) is 0.208. The van der Waals surface area contributed by atoms with Crippen molar-refractivity contribution < 1.29 is 12.6 Å². The van der Waals surface area contributed by atoms with Crippen molar-refractivity contribution in [3.05, 3.63) is 11.3 Å². The van der Waals surface area contributed by atoms with Gasteiger partial charge in [-0.1, -0.05) is 11.6 Å². The number of rotatable bonds is 3. The largest absolute Gasteiger partial charge is 0.389 e. The lowest BCUT2D eigenvalue weighted by atomic mass is 10.7. The summed E-state index contributed by atoms with van der Waals surface area (Å²) in [6.45, 7) is 3.03. The first-order chi connectivity index (χ1) is 4.48. The number of halogens is 1. The third kappa shape index (κ3) is 4.64. The molecule has 60 valence electrons. The Kier molecular flexibility index (Phi) is 3.75. The van der Waals surface area contributed by atoms with E-state index in [1.54, 1.807) is 0 Å². The standard InChI is InChI=1S/C5H9ClO3S/c1-3-10(7,8)9-4-5(2)6/h4H,3H2,1-2H3/b5-4-. The van der Waals surface area contributed by atoms with Gasteiger partial charge in [0.1, 0.15) is 6.26 Å². The Hall–Kier alpha value is -0.220. The molecule has 0 aliphatic carbocycles. The predicted molar refractivity (Wildman–Crippen MR) is 40.2 cm³/mol. The van der Waals surface area contributed by atoms with Gasteiger partial charge in [0.15, 0.2) is 0 Å². The molecular formula is C5H9ClO3S. The molecule has 0 aromatic carbocycles. The van der Waals surface area contributed by atoms with Crippen LogP contribution in [0.4, 0.5) is 0 Å². The van der Waals surface area contributed by atoms with Crippen molar-refractivity contribution in [2.45, 2.75) is 13.8 Å². The summed E-state index contributed by atoms with van der Waals surface area (Å²) in [5.41, 5.74) is 0. The molecule has 3 nitrogen and oxygen atoms in total. The molecule has 0 amide bonds. The van der Waals surface area contributed by atoms with E-state index < -0.39 is 10.1 Å².